The van der Waals surface area contributed by atoms with Gasteiger partial charge in [-0.2, -0.15) is 0 Å². The van der Waals surface area contributed by atoms with Gasteiger partial charge in [0.2, 0.25) is 0 Å². The molecule has 92 valence electrons. The van der Waals surface area contributed by atoms with Gasteiger partial charge in [-0.15, -0.1) is 0 Å². The summed E-state index contributed by atoms with van der Waals surface area (Å²) in [6, 6.07) is 8.10. The summed E-state index contributed by atoms with van der Waals surface area (Å²) in [6.07, 6.45) is 1.81. The molecule has 1 saturated heterocycles. The monoisotopic (exact) mass is 233 g/mol. The molecule has 0 spiro atoms. The molecule has 0 saturated carbocycles. The maximum Gasteiger partial charge on any atom is 0.310 e. The van der Waals surface area contributed by atoms with Crippen LogP contribution < -0.4 is 5.32 Å². The Morgan fingerprint density at radius 2 is 2.18 bits per heavy atom. The molecule has 3 heteroatoms. The highest BCUT2D eigenvalue weighted by Crippen LogP contribution is 2.25. The smallest absolute Gasteiger partial charge is 0.310 e. The Bertz CT molecular complexity index is 380. The average Bonchev–Trinajstić information content (AvgIpc) is 2.84. The number of carbonyl (C=O) groups is 1. The lowest BCUT2D eigenvalue weighted by atomic mass is 9.92. The van der Waals surface area contributed by atoms with E-state index in [1.165, 1.54) is 12.0 Å². The van der Waals surface area contributed by atoms with Gasteiger partial charge in [0, 0.05) is 6.54 Å². The van der Waals surface area contributed by atoms with Crippen molar-refractivity contribution in [3.8, 4) is 0 Å². The van der Waals surface area contributed by atoms with E-state index >= 15 is 0 Å². The molecule has 1 aliphatic heterocycles. The largest absolute Gasteiger partial charge is 0.481 e. The quantitative estimate of drug-likeness (QED) is 0.839. The standard InChI is InChI=1S/C14H19NO2/c1-2-13(14(16)17)11-5-3-10(4-6-11)12-7-8-15-9-12/h3-6,12-13,15H,2,7-9H2,1H3,(H,16,17). The van der Waals surface area contributed by atoms with Crippen molar-refractivity contribution >= 4 is 5.97 Å². The molecule has 0 radical (unpaired) electrons. The molecular formula is C14H19NO2. The van der Waals surface area contributed by atoms with Crippen molar-refractivity contribution in [2.75, 3.05) is 13.1 Å². The van der Waals surface area contributed by atoms with E-state index in [0.717, 1.165) is 18.7 Å². The molecule has 17 heavy (non-hydrogen) atoms. The zero-order valence-electron chi connectivity index (χ0n) is 10.1. The fourth-order valence-electron chi connectivity index (χ4n) is 2.49. The maximum absolute atomic E-state index is 11.1. The second kappa shape index (κ2) is 5.32. The number of benzene rings is 1. The molecule has 1 heterocycles. The summed E-state index contributed by atoms with van der Waals surface area (Å²) in [5.74, 6) is -0.512. The third-order valence-electron chi connectivity index (χ3n) is 3.58. The van der Waals surface area contributed by atoms with Crippen LogP contribution in [0.3, 0.4) is 0 Å². The van der Waals surface area contributed by atoms with Gasteiger partial charge in [0.15, 0.2) is 0 Å². The normalized spacial score (nSPS) is 21.4. The fourth-order valence-corrected chi connectivity index (χ4v) is 2.49. The Morgan fingerprint density at radius 1 is 1.47 bits per heavy atom. The summed E-state index contributed by atoms with van der Waals surface area (Å²) in [5.41, 5.74) is 2.23. The van der Waals surface area contributed by atoms with E-state index in [4.69, 9.17) is 5.11 Å². The molecule has 3 nitrogen and oxygen atoms in total. The third-order valence-corrected chi connectivity index (χ3v) is 3.58. The first kappa shape index (κ1) is 12.1. The first-order valence-corrected chi connectivity index (χ1v) is 6.25. The van der Waals surface area contributed by atoms with Crippen LogP contribution in [-0.2, 0) is 4.79 Å². The van der Waals surface area contributed by atoms with Crippen molar-refractivity contribution in [3.63, 3.8) is 0 Å². The summed E-state index contributed by atoms with van der Waals surface area (Å²) in [7, 11) is 0. The second-order valence-corrected chi connectivity index (χ2v) is 4.66. The first-order valence-electron chi connectivity index (χ1n) is 6.25. The Hall–Kier alpha value is -1.35. The van der Waals surface area contributed by atoms with Crippen LogP contribution >= 0.6 is 0 Å². The highest BCUT2D eigenvalue weighted by atomic mass is 16.4. The van der Waals surface area contributed by atoms with Gasteiger partial charge in [-0.1, -0.05) is 31.2 Å². The maximum atomic E-state index is 11.1. The summed E-state index contributed by atoms with van der Waals surface area (Å²) in [4.78, 5) is 11.1. The van der Waals surface area contributed by atoms with Crippen LogP contribution in [0, 0.1) is 0 Å². The SMILES string of the molecule is CCC(C(=O)O)c1ccc(C2CCNC2)cc1. The number of rotatable bonds is 4. The summed E-state index contributed by atoms with van der Waals surface area (Å²) in [5, 5.41) is 12.4. The van der Waals surface area contributed by atoms with Crippen molar-refractivity contribution < 1.29 is 9.90 Å². The van der Waals surface area contributed by atoms with Crippen molar-refractivity contribution in [1.82, 2.24) is 5.32 Å². The lowest BCUT2D eigenvalue weighted by Crippen LogP contribution is -2.11. The van der Waals surface area contributed by atoms with E-state index in [1.807, 2.05) is 19.1 Å². The molecule has 1 fully saturated rings. The number of carboxylic acids is 1. The van der Waals surface area contributed by atoms with Crippen molar-refractivity contribution in [2.24, 2.45) is 0 Å². The minimum Gasteiger partial charge on any atom is -0.481 e. The summed E-state index contributed by atoms with van der Waals surface area (Å²) >= 11 is 0. The van der Waals surface area contributed by atoms with Gasteiger partial charge in [-0.05, 0) is 36.4 Å². The number of hydrogen-bond donors (Lipinski definition) is 2. The van der Waals surface area contributed by atoms with E-state index in [1.54, 1.807) is 0 Å². The van der Waals surface area contributed by atoms with Gasteiger partial charge in [0.1, 0.15) is 0 Å². The molecule has 0 aliphatic carbocycles. The molecule has 2 atom stereocenters. The van der Waals surface area contributed by atoms with Crippen LogP contribution in [0.5, 0.6) is 0 Å². The Labute approximate surface area is 102 Å². The predicted octanol–water partition coefficient (Wildman–Crippen LogP) is 2.34. The van der Waals surface area contributed by atoms with Gasteiger partial charge < -0.3 is 10.4 Å². The molecule has 1 aliphatic rings. The zero-order valence-corrected chi connectivity index (χ0v) is 10.1. The van der Waals surface area contributed by atoms with E-state index in [0.29, 0.717) is 12.3 Å². The van der Waals surface area contributed by atoms with E-state index in [-0.39, 0.29) is 5.92 Å². The van der Waals surface area contributed by atoms with Crippen LogP contribution in [0.25, 0.3) is 0 Å². The van der Waals surface area contributed by atoms with E-state index in [2.05, 4.69) is 17.4 Å². The van der Waals surface area contributed by atoms with E-state index < -0.39 is 5.97 Å². The molecule has 0 aromatic heterocycles. The van der Waals surface area contributed by atoms with Crippen molar-refractivity contribution in [2.45, 2.75) is 31.6 Å². The van der Waals surface area contributed by atoms with Gasteiger partial charge in [-0.25, -0.2) is 0 Å². The molecule has 1 aromatic carbocycles. The Kier molecular flexibility index (Phi) is 3.79. The van der Waals surface area contributed by atoms with Gasteiger partial charge in [0.25, 0.3) is 0 Å². The number of nitrogens with one attached hydrogen (secondary N) is 1. The van der Waals surface area contributed by atoms with Gasteiger partial charge >= 0.3 is 5.97 Å². The molecule has 2 unspecified atom stereocenters. The molecule has 0 amide bonds. The third kappa shape index (κ3) is 2.67. The van der Waals surface area contributed by atoms with Gasteiger partial charge in [0.05, 0.1) is 5.92 Å². The minimum absolute atomic E-state index is 0.370. The highest BCUT2D eigenvalue weighted by Gasteiger charge is 2.19. The zero-order chi connectivity index (χ0) is 12.3. The van der Waals surface area contributed by atoms with Crippen LogP contribution in [0.4, 0.5) is 0 Å². The summed E-state index contributed by atoms with van der Waals surface area (Å²) in [6.45, 7) is 4.03. The molecule has 0 bridgehead atoms. The van der Waals surface area contributed by atoms with Gasteiger partial charge in [-0.3, -0.25) is 4.79 Å². The summed E-state index contributed by atoms with van der Waals surface area (Å²) < 4.78 is 0. The number of carboxylic acid groups (broad SMARTS) is 1. The van der Waals surface area contributed by atoms with Crippen LogP contribution in [0.2, 0.25) is 0 Å². The molecule has 2 rings (SSSR count). The molecule has 2 N–H and O–H groups in total. The molecule has 1 aromatic rings. The first-order chi connectivity index (χ1) is 8.22. The number of aliphatic carboxylic acids is 1. The Morgan fingerprint density at radius 3 is 2.65 bits per heavy atom. The average molecular weight is 233 g/mol. The predicted molar refractivity (Wildman–Crippen MR) is 67.3 cm³/mol. The molecular weight excluding hydrogens is 214 g/mol. The Balaban J connectivity index is 2.14. The van der Waals surface area contributed by atoms with Crippen LogP contribution in [0.1, 0.15) is 42.7 Å². The number of hydrogen-bond acceptors (Lipinski definition) is 2. The minimum atomic E-state index is -0.734. The van der Waals surface area contributed by atoms with Crippen molar-refractivity contribution in [3.05, 3.63) is 35.4 Å². The lowest BCUT2D eigenvalue weighted by Gasteiger charge is -2.13. The van der Waals surface area contributed by atoms with E-state index in [9.17, 15) is 4.79 Å². The fraction of sp³-hybridized carbons (Fsp3) is 0.500. The second-order valence-electron chi connectivity index (χ2n) is 4.66. The lowest BCUT2D eigenvalue weighted by molar-refractivity contribution is -0.138. The topological polar surface area (TPSA) is 49.3 Å². The highest BCUT2D eigenvalue weighted by molar-refractivity contribution is 5.75. The van der Waals surface area contributed by atoms with Crippen LogP contribution in [-0.4, -0.2) is 24.2 Å². The van der Waals surface area contributed by atoms with Crippen molar-refractivity contribution in [1.29, 1.82) is 0 Å². The van der Waals surface area contributed by atoms with Crippen LogP contribution in [0.15, 0.2) is 24.3 Å².